The maximum absolute atomic E-state index is 12.4. The number of benzene rings is 1. The number of amides is 1. The molecule has 0 bridgehead atoms. The van der Waals surface area contributed by atoms with Crippen molar-refractivity contribution < 1.29 is 13.2 Å². The molecule has 1 fully saturated rings. The number of nitrogens with zero attached hydrogens (tertiary/aromatic N) is 4. The molecule has 1 aliphatic rings. The van der Waals surface area contributed by atoms with Crippen LogP contribution in [0.25, 0.3) is 11.3 Å². The molecule has 1 aliphatic heterocycles. The highest BCUT2D eigenvalue weighted by molar-refractivity contribution is 7.90. The van der Waals surface area contributed by atoms with Crippen LogP contribution in [0.4, 0.5) is 0 Å². The van der Waals surface area contributed by atoms with E-state index in [2.05, 4.69) is 10.3 Å². The highest BCUT2D eigenvalue weighted by Crippen LogP contribution is 2.26. The van der Waals surface area contributed by atoms with Crippen LogP contribution in [0.15, 0.2) is 35.4 Å². The third kappa shape index (κ3) is 3.06. The number of rotatable bonds is 4. The molecule has 128 valence electrons. The SMILES string of the molecule is CC(C)N1CCC(n2cc(-c3cccc(S(C)(=O)=O)c3)nn2)C1=O. The number of carbonyl (C=O) groups is 1. The van der Waals surface area contributed by atoms with Crippen molar-refractivity contribution >= 4 is 15.7 Å². The zero-order valence-corrected chi connectivity index (χ0v) is 14.7. The van der Waals surface area contributed by atoms with Gasteiger partial charge in [0.25, 0.3) is 0 Å². The molecule has 1 atom stereocenters. The highest BCUT2D eigenvalue weighted by atomic mass is 32.2. The molecule has 8 heteroatoms. The standard InChI is InChI=1S/C16H20N4O3S/c1-11(2)19-8-7-15(16(19)21)20-10-14(17-18-20)12-5-4-6-13(9-12)24(3,22)23/h4-6,9-11,15H,7-8H2,1-3H3. The summed E-state index contributed by atoms with van der Waals surface area (Å²) in [6.07, 6.45) is 3.57. The molecule has 7 nitrogen and oxygen atoms in total. The van der Waals surface area contributed by atoms with E-state index < -0.39 is 9.84 Å². The lowest BCUT2D eigenvalue weighted by atomic mass is 10.2. The van der Waals surface area contributed by atoms with Gasteiger partial charge in [-0.1, -0.05) is 17.3 Å². The zero-order valence-electron chi connectivity index (χ0n) is 13.9. The van der Waals surface area contributed by atoms with Gasteiger partial charge in [0.05, 0.1) is 11.1 Å². The molecule has 0 spiro atoms. The van der Waals surface area contributed by atoms with Gasteiger partial charge in [0.2, 0.25) is 5.91 Å². The van der Waals surface area contributed by atoms with Crippen LogP contribution in [0.3, 0.4) is 0 Å². The smallest absolute Gasteiger partial charge is 0.247 e. The molecule has 2 aromatic rings. The van der Waals surface area contributed by atoms with Gasteiger partial charge in [-0.05, 0) is 32.4 Å². The van der Waals surface area contributed by atoms with Gasteiger partial charge in [-0.25, -0.2) is 13.1 Å². The van der Waals surface area contributed by atoms with Gasteiger partial charge in [0.15, 0.2) is 9.84 Å². The second-order valence-corrected chi connectivity index (χ2v) is 8.33. The topological polar surface area (TPSA) is 85.2 Å². The largest absolute Gasteiger partial charge is 0.338 e. The van der Waals surface area contributed by atoms with Gasteiger partial charge < -0.3 is 4.90 Å². The molecule has 1 unspecified atom stereocenters. The fraction of sp³-hybridized carbons (Fsp3) is 0.438. The number of sulfone groups is 1. The minimum atomic E-state index is -3.28. The second-order valence-electron chi connectivity index (χ2n) is 6.31. The van der Waals surface area contributed by atoms with Crippen LogP contribution in [0.5, 0.6) is 0 Å². The van der Waals surface area contributed by atoms with Crippen LogP contribution >= 0.6 is 0 Å². The first-order valence-corrected chi connectivity index (χ1v) is 9.69. The van der Waals surface area contributed by atoms with E-state index in [1.807, 2.05) is 18.7 Å². The average Bonchev–Trinajstić information content (AvgIpc) is 3.13. The molecule has 1 aromatic carbocycles. The van der Waals surface area contributed by atoms with Crippen molar-refractivity contribution in [3.05, 3.63) is 30.5 Å². The Balaban J connectivity index is 1.88. The second kappa shape index (κ2) is 6.01. The molecule has 1 aromatic heterocycles. The minimum absolute atomic E-state index is 0.0475. The van der Waals surface area contributed by atoms with Gasteiger partial charge >= 0.3 is 0 Å². The molecular formula is C16H20N4O3S. The van der Waals surface area contributed by atoms with Crippen LogP contribution in [-0.2, 0) is 14.6 Å². The maximum atomic E-state index is 12.4. The first-order chi connectivity index (χ1) is 11.3. The Labute approximate surface area is 141 Å². The quantitative estimate of drug-likeness (QED) is 0.836. The first kappa shape index (κ1) is 16.6. The van der Waals surface area contributed by atoms with E-state index >= 15 is 0 Å². The molecule has 3 rings (SSSR count). The Morgan fingerprint density at radius 2 is 2.04 bits per heavy atom. The summed E-state index contributed by atoms with van der Waals surface area (Å²) in [6.45, 7) is 4.69. The van der Waals surface area contributed by atoms with Crippen LogP contribution < -0.4 is 0 Å². The summed E-state index contributed by atoms with van der Waals surface area (Å²) in [5.74, 6) is 0.0475. The van der Waals surface area contributed by atoms with Crippen molar-refractivity contribution in [1.82, 2.24) is 19.9 Å². The molecule has 0 radical (unpaired) electrons. The van der Waals surface area contributed by atoms with E-state index in [1.54, 1.807) is 35.1 Å². The summed E-state index contributed by atoms with van der Waals surface area (Å²) < 4.78 is 24.9. The molecule has 2 heterocycles. The Kier molecular flexibility index (Phi) is 4.16. The normalized spacial score (nSPS) is 18.6. The van der Waals surface area contributed by atoms with Gasteiger partial charge in [0, 0.05) is 24.4 Å². The van der Waals surface area contributed by atoms with Crippen LogP contribution in [0, 0.1) is 0 Å². The van der Waals surface area contributed by atoms with E-state index in [4.69, 9.17) is 0 Å². The number of likely N-dealkylation sites (tertiary alicyclic amines) is 1. The summed E-state index contributed by atoms with van der Waals surface area (Å²) in [5, 5.41) is 8.19. The van der Waals surface area contributed by atoms with Gasteiger partial charge in [-0.2, -0.15) is 0 Å². The van der Waals surface area contributed by atoms with Crippen LogP contribution in [0.1, 0.15) is 26.3 Å². The zero-order chi connectivity index (χ0) is 17.5. The predicted molar refractivity (Wildman–Crippen MR) is 89.1 cm³/mol. The molecule has 0 N–H and O–H groups in total. The lowest BCUT2D eigenvalue weighted by molar-refractivity contribution is -0.132. The lowest BCUT2D eigenvalue weighted by Gasteiger charge is -2.20. The van der Waals surface area contributed by atoms with Crippen molar-refractivity contribution in [2.75, 3.05) is 12.8 Å². The number of carbonyl (C=O) groups excluding carboxylic acids is 1. The Hall–Kier alpha value is -2.22. The maximum Gasteiger partial charge on any atom is 0.247 e. The van der Waals surface area contributed by atoms with Crippen LogP contribution in [-0.4, -0.2) is 53.1 Å². The summed E-state index contributed by atoms with van der Waals surface area (Å²) in [5.41, 5.74) is 1.21. The Bertz CT molecular complexity index is 873. The summed E-state index contributed by atoms with van der Waals surface area (Å²) in [7, 11) is -3.28. The van der Waals surface area contributed by atoms with E-state index in [1.165, 1.54) is 6.26 Å². The minimum Gasteiger partial charge on any atom is -0.338 e. The van der Waals surface area contributed by atoms with E-state index in [9.17, 15) is 13.2 Å². The number of hydrogen-bond acceptors (Lipinski definition) is 5. The van der Waals surface area contributed by atoms with Gasteiger partial charge in [-0.15, -0.1) is 5.10 Å². The van der Waals surface area contributed by atoms with Crippen molar-refractivity contribution in [3.63, 3.8) is 0 Å². The van der Waals surface area contributed by atoms with E-state index in [0.29, 0.717) is 24.2 Å². The Morgan fingerprint density at radius 1 is 1.29 bits per heavy atom. The van der Waals surface area contributed by atoms with Crippen molar-refractivity contribution in [2.24, 2.45) is 0 Å². The Morgan fingerprint density at radius 3 is 2.67 bits per heavy atom. The molecule has 24 heavy (non-hydrogen) atoms. The molecule has 0 aliphatic carbocycles. The lowest BCUT2D eigenvalue weighted by Crippen LogP contribution is -2.34. The van der Waals surface area contributed by atoms with Crippen molar-refractivity contribution in [2.45, 2.75) is 37.2 Å². The number of aromatic nitrogens is 3. The fourth-order valence-corrected chi connectivity index (χ4v) is 3.56. The monoisotopic (exact) mass is 348 g/mol. The average molecular weight is 348 g/mol. The summed E-state index contributed by atoms with van der Waals surface area (Å²) >= 11 is 0. The van der Waals surface area contributed by atoms with Crippen LogP contribution in [0.2, 0.25) is 0 Å². The number of hydrogen-bond donors (Lipinski definition) is 0. The molecular weight excluding hydrogens is 328 g/mol. The van der Waals surface area contributed by atoms with Gasteiger partial charge in [0.1, 0.15) is 11.7 Å². The molecule has 0 saturated carbocycles. The van der Waals surface area contributed by atoms with Crippen molar-refractivity contribution in [1.29, 1.82) is 0 Å². The van der Waals surface area contributed by atoms with Gasteiger partial charge in [-0.3, -0.25) is 4.79 Å². The predicted octanol–water partition coefficient (Wildman–Crippen LogP) is 1.53. The highest BCUT2D eigenvalue weighted by Gasteiger charge is 2.35. The molecule has 1 amide bonds. The third-order valence-corrected chi connectivity index (χ3v) is 5.33. The van der Waals surface area contributed by atoms with E-state index in [0.717, 1.165) is 0 Å². The summed E-state index contributed by atoms with van der Waals surface area (Å²) in [4.78, 5) is 14.5. The third-order valence-electron chi connectivity index (χ3n) is 4.22. The van der Waals surface area contributed by atoms with E-state index in [-0.39, 0.29) is 22.9 Å². The first-order valence-electron chi connectivity index (χ1n) is 7.80. The summed E-state index contributed by atoms with van der Waals surface area (Å²) in [6, 6.07) is 6.39. The molecule has 1 saturated heterocycles. The fourth-order valence-electron chi connectivity index (χ4n) is 2.89. The van der Waals surface area contributed by atoms with Crippen molar-refractivity contribution in [3.8, 4) is 11.3 Å².